The number of nitrogens with zero attached hydrogens (tertiary/aromatic N) is 3. The number of piperazine rings is 1. The molecule has 0 bridgehead atoms. The first-order valence-electron chi connectivity index (χ1n) is 14.4. The maximum Gasteiger partial charge on any atom is 0.409 e. The molecule has 248 valence electrons. The van der Waals surface area contributed by atoms with Crippen molar-refractivity contribution in [1.82, 2.24) is 9.80 Å². The summed E-state index contributed by atoms with van der Waals surface area (Å²) in [6, 6.07) is 16.4. The van der Waals surface area contributed by atoms with Crippen LogP contribution in [0.3, 0.4) is 0 Å². The number of hydrogen-bond donors (Lipinski definition) is 3. The van der Waals surface area contributed by atoms with Gasteiger partial charge in [-0.05, 0) is 61.7 Å². The molecule has 2 unspecified atom stereocenters. The molecular weight excluding hydrogens is 638 g/mol. The highest BCUT2D eigenvalue weighted by atomic mass is 32.2. The average Bonchev–Trinajstić information content (AvgIpc) is 3.08. The van der Waals surface area contributed by atoms with Crippen molar-refractivity contribution in [3.8, 4) is 23.0 Å². The van der Waals surface area contributed by atoms with Crippen LogP contribution >= 0.6 is 11.8 Å². The number of benzene rings is 3. The maximum absolute atomic E-state index is 13.9. The van der Waals surface area contributed by atoms with E-state index in [1.54, 1.807) is 60.4 Å². The quantitative estimate of drug-likeness (QED) is 0.177. The predicted molar refractivity (Wildman–Crippen MR) is 174 cm³/mol. The molecule has 1 heterocycles. The van der Waals surface area contributed by atoms with Gasteiger partial charge in [-0.2, -0.15) is 0 Å². The number of aliphatic hydroxyl groups excluding tert-OH is 2. The number of aliphatic hydroxyl groups is 2. The molecular formula is C31H37N3O10S2. The van der Waals surface area contributed by atoms with E-state index in [2.05, 4.69) is 0 Å². The minimum atomic E-state index is -2.66. The predicted octanol–water partition coefficient (Wildman–Crippen LogP) is 4.13. The summed E-state index contributed by atoms with van der Waals surface area (Å²) in [5, 5.41) is 19.5. The van der Waals surface area contributed by atoms with Gasteiger partial charge in [0.2, 0.25) is 0 Å². The second-order valence-corrected chi connectivity index (χ2v) is 11.7. The highest BCUT2D eigenvalue weighted by molar-refractivity contribution is 7.98. The molecule has 1 aliphatic heterocycles. The van der Waals surface area contributed by atoms with Crippen molar-refractivity contribution in [2.75, 3.05) is 63.7 Å². The van der Waals surface area contributed by atoms with Gasteiger partial charge in [-0.3, -0.25) is 9.35 Å². The Hall–Kier alpha value is -4.02. The fraction of sp³-hybridized carbons (Fsp3) is 0.355. The van der Waals surface area contributed by atoms with E-state index < -0.39 is 36.0 Å². The third-order valence-electron chi connectivity index (χ3n) is 6.96. The van der Waals surface area contributed by atoms with Crippen LogP contribution in [0.5, 0.6) is 23.0 Å². The highest BCUT2D eigenvalue weighted by Crippen LogP contribution is 2.46. The first kappa shape index (κ1) is 34.8. The molecule has 2 atom stereocenters. The van der Waals surface area contributed by atoms with Gasteiger partial charge in [-0.1, -0.05) is 6.07 Å². The smallest absolute Gasteiger partial charge is 0.409 e. The Morgan fingerprint density at radius 1 is 1.02 bits per heavy atom. The van der Waals surface area contributed by atoms with E-state index in [1.165, 1.54) is 35.9 Å². The van der Waals surface area contributed by atoms with E-state index in [4.69, 9.17) is 18.9 Å². The Bertz CT molecular complexity index is 1520. The largest absolute Gasteiger partial charge is 0.497 e. The standard InChI is InChI=1S/C31H37N3O10S2/c1-4-42-31(38)33-14-12-32(13-15-33)30(37)21-16-27(34(46(39)40)22-8-10-26(45-3)11-9-22)29(28(17-21)43-20-23(36)19-35)44-25-7-5-6-24(18-25)41-2/h5-11,16-18,23,35-36H,4,12-15,19-20H2,1-3H3,(H,39,40). The summed E-state index contributed by atoms with van der Waals surface area (Å²) in [6.07, 6.45) is 0.191. The lowest BCUT2D eigenvalue weighted by atomic mass is 10.1. The fourth-order valence-electron chi connectivity index (χ4n) is 4.61. The second-order valence-electron chi connectivity index (χ2n) is 9.95. The van der Waals surface area contributed by atoms with Crippen molar-refractivity contribution < 1.29 is 47.5 Å². The van der Waals surface area contributed by atoms with Gasteiger partial charge in [0.15, 0.2) is 11.5 Å². The summed E-state index contributed by atoms with van der Waals surface area (Å²) in [6.45, 7) is 1.96. The molecule has 0 saturated carbocycles. The topological polar surface area (TPSA) is 159 Å². The van der Waals surface area contributed by atoms with Gasteiger partial charge >= 0.3 is 6.09 Å². The van der Waals surface area contributed by atoms with E-state index >= 15 is 0 Å². The number of rotatable bonds is 13. The van der Waals surface area contributed by atoms with Gasteiger partial charge in [-0.25, -0.2) is 13.3 Å². The SMILES string of the molecule is CCOC(=O)N1CCN(C(=O)c2cc(OCC(O)CO)c(Oc3cccc(OC)c3)c(N(c3ccc(SC)cc3)S(=O)O)c2)CC1. The van der Waals surface area contributed by atoms with Crippen LogP contribution in [-0.4, -0.2) is 106 Å². The number of anilines is 2. The first-order chi connectivity index (χ1) is 22.2. The summed E-state index contributed by atoms with van der Waals surface area (Å²) >= 11 is -1.15. The minimum Gasteiger partial charge on any atom is -0.497 e. The summed E-state index contributed by atoms with van der Waals surface area (Å²) < 4.78 is 47.3. The molecule has 0 spiro atoms. The first-order valence-corrected chi connectivity index (χ1v) is 16.7. The van der Waals surface area contributed by atoms with Gasteiger partial charge < -0.3 is 39.0 Å². The van der Waals surface area contributed by atoms with Crippen LogP contribution in [-0.2, 0) is 16.0 Å². The van der Waals surface area contributed by atoms with Crippen LogP contribution in [0, 0.1) is 0 Å². The lowest BCUT2D eigenvalue weighted by Crippen LogP contribution is -2.50. The van der Waals surface area contributed by atoms with Gasteiger partial charge in [-0.15, -0.1) is 11.8 Å². The lowest BCUT2D eigenvalue weighted by molar-refractivity contribution is 0.0525. The van der Waals surface area contributed by atoms with Crippen LogP contribution in [0.2, 0.25) is 0 Å². The van der Waals surface area contributed by atoms with Gasteiger partial charge in [0, 0.05) is 42.7 Å². The number of amides is 2. The van der Waals surface area contributed by atoms with Crippen molar-refractivity contribution >= 4 is 46.4 Å². The summed E-state index contributed by atoms with van der Waals surface area (Å²) in [7, 11) is 1.50. The minimum absolute atomic E-state index is 0.0186. The molecule has 1 aliphatic rings. The van der Waals surface area contributed by atoms with E-state index in [0.717, 1.165) is 9.20 Å². The Morgan fingerprint density at radius 3 is 2.30 bits per heavy atom. The normalized spacial score (nSPS) is 14.3. The Kier molecular flexibility index (Phi) is 12.5. The molecule has 1 fully saturated rings. The number of carbonyl (C=O) groups excluding carboxylic acids is 2. The molecule has 1 saturated heterocycles. The monoisotopic (exact) mass is 675 g/mol. The number of hydrogen-bond acceptors (Lipinski definition) is 10. The third-order valence-corrected chi connectivity index (χ3v) is 8.42. The van der Waals surface area contributed by atoms with E-state index in [0.29, 0.717) is 17.2 Å². The van der Waals surface area contributed by atoms with Crippen LogP contribution in [0.4, 0.5) is 16.2 Å². The summed E-state index contributed by atoms with van der Waals surface area (Å²) in [4.78, 5) is 30.1. The molecule has 3 aromatic rings. The maximum atomic E-state index is 13.9. The summed E-state index contributed by atoms with van der Waals surface area (Å²) in [5.74, 6) is 0.299. The molecule has 0 aromatic heterocycles. The number of methoxy groups -OCH3 is 1. The van der Waals surface area contributed by atoms with E-state index in [9.17, 15) is 28.6 Å². The zero-order valence-electron chi connectivity index (χ0n) is 25.7. The fourth-order valence-corrected chi connectivity index (χ4v) is 5.63. The van der Waals surface area contributed by atoms with E-state index in [-0.39, 0.29) is 62.1 Å². The van der Waals surface area contributed by atoms with Crippen LogP contribution < -0.4 is 18.5 Å². The van der Waals surface area contributed by atoms with Crippen molar-refractivity contribution in [1.29, 1.82) is 0 Å². The molecule has 15 heteroatoms. The molecule has 3 N–H and O–H groups in total. The van der Waals surface area contributed by atoms with Gasteiger partial charge in [0.25, 0.3) is 17.2 Å². The Balaban J connectivity index is 1.84. The van der Waals surface area contributed by atoms with Gasteiger partial charge in [0.1, 0.15) is 29.9 Å². The second kappa shape index (κ2) is 16.5. The van der Waals surface area contributed by atoms with E-state index in [1.807, 2.05) is 6.26 Å². The molecule has 3 aromatic carbocycles. The Morgan fingerprint density at radius 2 is 1.70 bits per heavy atom. The zero-order chi connectivity index (χ0) is 33.2. The van der Waals surface area contributed by atoms with Crippen LogP contribution in [0.1, 0.15) is 17.3 Å². The molecule has 4 rings (SSSR count). The van der Waals surface area contributed by atoms with Crippen molar-refractivity contribution in [3.63, 3.8) is 0 Å². The van der Waals surface area contributed by atoms with Crippen molar-refractivity contribution in [2.24, 2.45) is 0 Å². The molecule has 0 aliphatic carbocycles. The third kappa shape index (κ3) is 8.61. The van der Waals surface area contributed by atoms with Gasteiger partial charge in [0.05, 0.1) is 26.0 Å². The highest BCUT2D eigenvalue weighted by Gasteiger charge is 2.30. The average molecular weight is 676 g/mol. The molecule has 46 heavy (non-hydrogen) atoms. The number of carbonyl (C=O) groups is 2. The molecule has 0 radical (unpaired) electrons. The number of ether oxygens (including phenoxy) is 4. The molecule has 13 nitrogen and oxygen atoms in total. The number of thioether (sulfide) groups is 1. The lowest BCUT2D eigenvalue weighted by Gasteiger charge is -2.34. The van der Waals surface area contributed by atoms with Crippen molar-refractivity contribution in [2.45, 2.75) is 17.9 Å². The summed E-state index contributed by atoms with van der Waals surface area (Å²) in [5.41, 5.74) is 0.440. The van der Waals surface area contributed by atoms with Crippen molar-refractivity contribution in [3.05, 3.63) is 66.2 Å². The zero-order valence-corrected chi connectivity index (χ0v) is 27.3. The Labute approximate surface area is 274 Å². The van der Waals surface area contributed by atoms with Crippen LogP contribution in [0.15, 0.2) is 65.6 Å². The molecule has 2 amide bonds. The van der Waals surface area contributed by atoms with Crippen LogP contribution in [0.25, 0.3) is 0 Å².